The number of piperidine rings is 1. The summed E-state index contributed by atoms with van der Waals surface area (Å²) in [6.07, 6.45) is 1.90. The molecule has 0 bridgehead atoms. The number of amides is 1. The number of nitrogens with one attached hydrogen (secondary N) is 1. The van der Waals surface area contributed by atoms with Gasteiger partial charge in [-0.2, -0.15) is 0 Å². The highest BCUT2D eigenvalue weighted by Crippen LogP contribution is 2.25. The molecular formula is C15H18B2N3O2P. The summed E-state index contributed by atoms with van der Waals surface area (Å²) in [4.78, 5) is 17.5. The zero-order chi connectivity index (χ0) is 16.6. The Kier molecular flexibility index (Phi) is 4.43. The van der Waals surface area contributed by atoms with E-state index in [1.165, 1.54) is 0 Å². The average Bonchev–Trinajstić information content (AvgIpc) is 2.88. The predicted molar refractivity (Wildman–Crippen MR) is 96.0 cm³/mol. The van der Waals surface area contributed by atoms with E-state index in [0.717, 1.165) is 30.3 Å². The molecule has 2 atom stereocenters. The number of nitrogens with zero attached hydrogens (tertiary/aromatic N) is 1. The van der Waals surface area contributed by atoms with E-state index in [0.29, 0.717) is 18.0 Å². The molecule has 1 unspecified atom stereocenters. The first kappa shape index (κ1) is 16.4. The van der Waals surface area contributed by atoms with E-state index in [1.54, 1.807) is 17.0 Å². The van der Waals surface area contributed by atoms with Gasteiger partial charge in [0.25, 0.3) is 5.91 Å². The van der Waals surface area contributed by atoms with Crippen molar-refractivity contribution in [1.82, 2.24) is 9.88 Å². The smallest absolute Gasteiger partial charge is 0.270 e. The van der Waals surface area contributed by atoms with Crippen LogP contribution in [-0.4, -0.2) is 55.8 Å². The van der Waals surface area contributed by atoms with Gasteiger partial charge in [-0.05, 0) is 37.1 Å². The van der Waals surface area contributed by atoms with Crippen LogP contribution in [0.4, 0.5) is 0 Å². The number of aromatic amines is 1. The fourth-order valence-corrected chi connectivity index (χ4v) is 2.99. The summed E-state index contributed by atoms with van der Waals surface area (Å²) in [5, 5.41) is -0.464. The van der Waals surface area contributed by atoms with Crippen molar-refractivity contribution in [2.75, 3.05) is 13.1 Å². The van der Waals surface area contributed by atoms with Crippen LogP contribution >= 0.6 is 9.24 Å². The Bertz CT molecular complexity index is 729. The van der Waals surface area contributed by atoms with Gasteiger partial charge in [-0.3, -0.25) is 4.79 Å². The highest BCUT2D eigenvalue weighted by atomic mass is 31.0. The second-order valence-electron chi connectivity index (χ2n) is 6.04. The van der Waals surface area contributed by atoms with Crippen LogP contribution in [0.5, 0.6) is 5.75 Å². The fourth-order valence-electron chi connectivity index (χ4n) is 2.86. The van der Waals surface area contributed by atoms with Gasteiger partial charge in [-0.1, -0.05) is 0 Å². The summed E-state index contributed by atoms with van der Waals surface area (Å²) in [6, 6.07) is 7.24. The number of fused-ring (bicyclic) bond motifs is 1. The van der Waals surface area contributed by atoms with Gasteiger partial charge < -0.3 is 20.4 Å². The second kappa shape index (κ2) is 6.21. The minimum absolute atomic E-state index is 0.0307. The molecule has 8 heteroatoms. The molecule has 0 spiro atoms. The van der Waals surface area contributed by atoms with E-state index < -0.39 is 5.14 Å². The molecule has 1 aliphatic heterocycles. The maximum Gasteiger partial charge on any atom is 0.270 e. The normalized spacial score (nSPS) is 19.0. The Balaban J connectivity index is 1.83. The van der Waals surface area contributed by atoms with Crippen LogP contribution in [0.15, 0.2) is 24.3 Å². The van der Waals surface area contributed by atoms with Gasteiger partial charge in [0.05, 0.1) is 0 Å². The van der Waals surface area contributed by atoms with Crippen LogP contribution in [0.25, 0.3) is 10.9 Å². The third-order valence-corrected chi connectivity index (χ3v) is 3.98. The minimum Gasteiger partial charge on any atom is -0.503 e. The summed E-state index contributed by atoms with van der Waals surface area (Å²) < 4.78 is 5.40. The largest absolute Gasteiger partial charge is 0.503 e. The maximum atomic E-state index is 12.6. The van der Waals surface area contributed by atoms with Gasteiger partial charge in [-0.25, -0.2) is 0 Å². The van der Waals surface area contributed by atoms with E-state index in [4.69, 9.17) is 26.2 Å². The van der Waals surface area contributed by atoms with E-state index in [1.807, 2.05) is 12.1 Å². The molecule has 1 fully saturated rings. The lowest BCUT2D eigenvalue weighted by molar-refractivity contribution is 0.0704. The van der Waals surface area contributed by atoms with Gasteiger partial charge >= 0.3 is 0 Å². The number of H-pyrrole nitrogens is 1. The Hall–Kier alpha value is -1.45. The van der Waals surface area contributed by atoms with Gasteiger partial charge in [0.15, 0.2) is 0 Å². The molecule has 2 aromatic rings. The number of aromatic nitrogens is 1. The number of benzene rings is 1. The molecule has 1 amide bonds. The number of hydrogen-bond donors (Lipinski definition) is 2. The van der Waals surface area contributed by atoms with Crippen LogP contribution in [0.2, 0.25) is 0 Å². The van der Waals surface area contributed by atoms with Crippen LogP contribution in [0, 0.1) is 0 Å². The molecule has 4 radical (unpaired) electrons. The molecule has 3 rings (SSSR count). The lowest BCUT2D eigenvalue weighted by Crippen LogP contribution is -2.45. The van der Waals surface area contributed by atoms with E-state index in [2.05, 4.69) is 14.2 Å². The van der Waals surface area contributed by atoms with Gasteiger partial charge in [0.2, 0.25) is 0 Å². The summed E-state index contributed by atoms with van der Waals surface area (Å²) >= 11 is 0. The number of carbonyl (C=O) groups excluding carboxylic acids is 1. The predicted octanol–water partition coefficient (Wildman–Crippen LogP) is 0.933. The zero-order valence-corrected chi connectivity index (χ0v) is 13.9. The van der Waals surface area contributed by atoms with Gasteiger partial charge in [0.1, 0.15) is 27.1 Å². The van der Waals surface area contributed by atoms with Crippen LogP contribution in [-0.2, 0) is 0 Å². The zero-order valence-electron chi connectivity index (χ0n) is 12.8. The highest BCUT2D eigenvalue weighted by Gasteiger charge is 2.23. The third kappa shape index (κ3) is 3.91. The van der Waals surface area contributed by atoms with Crippen molar-refractivity contribution in [1.29, 1.82) is 0 Å². The molecule has 3 N–H and O–H groups in total. The summed E-state index contributed by atoms with van der Waals surface area (Å²) in [6.45, 7) is 1.34. The molecule has 1 aliphatic rings. The SMILES string of the molecule is [B]C([B])(P)Oc1ccc2[nH]c(C(=O)N3CCC[C@@H](N)C3)cc2c1. The molecule has 0 saturated carbocycles. The van der Waals surface area contributed by atoms with E-state index in [-0.39, 0.29) is 11.9 Å². The van der Waals surface area contributed by atoms with Gasteiger partial charge in [0, 0.05) is 35.2 Å². The number of rotatable bonds is 3. The third-order valence-electron chi connectivity index (χ3n) is 3.86. The first-order chi connectivity index (χ1) is 10.8. The quantitative estimate of drug-likeness (QED) is 0.652. The van der Waals surface area contributed by atoms with Crippen molar-refractivity contribution < 1.29 is 9.53 Å². The molecule has 0 aliphatic carbocycles. The molecule has 1 saturated heterocycles. The topological polar surface area (TPSA) is 71.4 Å². The molecule has 116 valence electrons. The van der Waals surface area contributed by atoms with E-state index in [9.17, 15) is 4.79 Å². The number of ether oxygens (including phenoxy) is 1. The number of hydrogen-bond acceptors (Lipinski definition) is 3. The first-order valence-corrected chi connectivity index (χ1v) is 8.13. The number of carbonyl (C=O) groups is 1. The lowest BCUT2D eigenvalue weighted by atomic mass is 9.80. The fraction of sp³-hybridized carbons (Fsp3) is 0.400. The average molecular weight is 325 g/mol. The Morgan fingerprint density at radius 1 is 1.43 bits per heavy atom. The second-order valence-corrected chi connectivity index (χ2v) is 6.94. The highest BCUT2D eigenvalue weighted by molar-refractivity contribution is 7.25. The van der Waals surface area contributed by atoms with Crippen molar-refractivity contribution in [2.45, 2.75) is 24.0 Å². The Labute approximate surface area is 140 Å². The van der Waals surface area contributed by atoms with Crippen LogP contribution in [0.1, 0.15) is 23.3 Å². The monoisotopic (exact) mass is 325 g/mol. The minimum atomic E-state index is -1.33. The van der Waals surface area contributed by atoms with Gasteiger partial charge in [-0.15, -0.1) is 9.24 Å². The number of likely N-dealkylation sites (tertiary alicyclic amines) is 1. The Morgan fingerprint density at radius 2 is 2.22 bits per heavy atom. The maximum absolute atomic E-state index is 12.6. The molecule has 1 aromatic carbocycles. The molecule has 23 heavy (non-hydrogen) atoms. The standard InChI is InChI=1S/C15H18B2N3O2P/c16-15(17,23)22-11-3-4-12-9(6-11)7-13(19-12)14(21)20-5-1-2-10(18)8-20/h3-4,6-7,10,19H,1-2,5,8,18,23H2/t10-/m1/s1. The molecular weight excluding hydrogens is 307 g/mol. The summed E-state index contributed by atoms with van der Waals surface area (Å²) in [5.74, 6) is 0.507. The van der Waals surface area contributed by atoms with Crippen molar-refractivity contribution in [3.05, 3.63) is 30.0 Å². The molecule has 1 aromatic heterocycles. The van der Waals surface area contributed by atoms with Crippen molar-refractivity contribution >= 4 is 41.7 Å². The lowest BCUT2D eigenvalue weighted by Gasteiger charge is -2.30. The summed E-state index contributed by atoms with van der Waals surface area (Å²) in [7, 11) is 13.4. The van der Waals surface area contributed by atoms with Crippen molar-refractivity contribution in [3.63, 3.8) is 0 Å². The van der Waals surface area contributed by atoms with Crippen molar-refractivity contribution in [2.24, 2.45) is 5.73 Å². The molecule has 5 nitrogen and oxygen atoms in total. The first-order valence-electron chi connectivity index (χ1n) is 7.55. The molecule has 2 heterocycles. The number of nitrogens with two attached hydrogens (primary N) is 1. The Morgan fingerprint density at radius 3 is 2.91 bits per heavy atom. The van der Waals surface area contributed by atoms with Crippen LogP contribution in [0.3, 0.4) is 0 Å². The van der Waals surface area contributed by atoms with Crippen LogP contribution < -0.4 is 10.5 Å². The van der Waals surface area contributed by atoms with Crippen molar-refractivity contribution in [3.8, 4) is 5.75 Å². The summed E-state index contributed by atoms with van der Waals surface area (Å²) in [5.41, 5.74) is 7.35. The van der Waals surface area contributed by atoms with E-state index >= 15 is 0 Å².